The monoisotopic (exact) mass is 726 g/mol. The first-order chi connectivity index (χ1) is 28.3. The minimum atomic E-state index is 0.616. The molecule has 0 spiro atoms. The second-order valence-corrected chi connectivity index (χ2v) is 14.4. The van der Waals surface area contributed by atoms with Gasteiger partial charge in [-0.15, -0.1) is 0 Å². The molecule has 0 bridgehead atoms. The maximum atomic E-state index is 5.23. The summed E-state index contributed by atoms with van der Waals surface area (Å²) in [6.45, 7) is 0. The molecule has 0 aliphatic rings. The lowest BCUT2D eigenvalue weighted by Gasteiger charge is -2.18. The van der Waals surface area contributed by atoms with E-state index >= 15 is 0 Å². The van der Waals surface area contributed by atoms with Crippen LogP contribution >= 0.6 is 0 Å². The van der Waals surface area contributed by atoms with Gasteiger partial charge in [-0.1, -0.05) is 176 Å². The van der Waals surface area contributed by atoms with Crippen LogP contribution in [-0.2, 0) is 0 Å². The van der Waals surface area contributed by atoms with Gasteiger partial charge >= 0.3 is 0 Å². The molecular weight excluding hydrogens is 693 g/mol. The van der Waals surface area contributed by atoms with Gasteiger partial charge in [0.15, 0.2) is 17.5 Å². The molecule has 0 radical (unpaired) electrons. The summed E-state index contributed by atoms with van der Waals surface area (Å²) in [5, 5.41) is 7.30. The molecule has 0 saturated carbocycles. The predicted molar refractivity (Wildman–Crippen MR) is 236 cm³/mol. The van der Waals surface area contributed by atoms with Gasteiger partial charge in [-0.25, -0.2) is 15.0 Å². The van der Waals surface area contributed by atoms with Gasteiger partial charge < -0.3 is 4.57 Å². The fraction of sp³-hybridized carbons (Fsp3) is 0. The van der Waals surface area contributed by atoms with Crippen LogP contribution < -0.4 is 0 Å². The molecule has 4 heteroatoms. The molecule has 2 heterocycles. The predicted octanol–water partition coefficient (Wildman–Crippen LogP) is 13.6. The van der Waals surface area contributed by atoms with E-state index < -0.39 is 0 Å². The Morgan fingerprint density at radius 2 is 0.842 bits per heavy atom. The summed E-state index contributed by atoms with van der Waals surface area (Å²) in [4.78, 5) is 15.5. The Morgan fingerprint density at radius 1 is 0.298 bits per heavy atom. The van der Waals surface area contributed by atoms with Crippen molar-refractivity contribution in [3.63, 3.8) is 0 Å². The molecule has 11 aromatic rings. The van der Waals surface area contributed by atoms with Crippen molar-refractivity contribution in [2.24, 2.45) is 0 Å². The van der Waals surface area contributed by atoms with Crippen molar-refractivity contribution in [1.29, 1.82) is 0 Å². The van der Waals surface area contributed by atoms with Gasteiger partial charge in [0.2, 0.25) is 0 Å². The van der Waals surface area contributed by atoms with E-state index in [-0.39, 0.29) is 0 Å². The van der Waals surface area contributed by atoms with Crippen LogP contribution in [0.3, 0.4) is 0 Å². The van der Waals surface area contributed by atoms with Gasteiger partial charge in [0.25, 0.3) is 0 Å². The molecule has 266 valence electrons. The molecule has 0 atom stereocenters. The van der Waals surface area contributed by atoms with Gasteiger partial charge in [-0.2, -0.15) is 0 Å². The van der Waals surface area contributed by atoms with Crippen LogP contribution in [0.25, 0.3) is 105 Å². The first-order valence-electron chi connectivity index (χ1n) is 19.3. The van der Waals surface area contributed by atoms with Gasteiger partial charge in [-0.05, 0) is 68.7 Å². The molecule has 0 fully saturated rings. The van der Waals surface area contributed by atoms with Crippen LogP contribution in [0, 0.1) is 0 Å². The molecule has 4 nitrogen and oxygen atoms in total. The number of rotatable bonds is 6. The Hall–Kier alpha value is -7.69. The van der Waals surface area contributed by atoms with Crippen molar-refractivity contribution in [3.8, 4) is 62.1 Å². The lowest BCUT2D eigenvalue weighted by atomic mass is 9.91. The zero-order chi connectivity index (χ0) is 37.7. The first kappa shape index (κ1) is 32.7. The van der Waals surface area contributed by atoms with Crippen LogP contribution in [0.2, 0.25) is 0 Å². The summed E-state index contributed by atoms with van der Waals surface area (Å²) in [5.41, 5.74) is 10.6. The van der Waals surface area contributed by atoms with Crippen molar-refractivity contribution >= 4 is 43.4 Å². The van der Waals surface area contributed by atoms with Crippen LogP contribution in [0.4, 0.5) is 0 Å². The van der Waals surface area contributed by atoms with Crippen molar-refractivity contribution < 1.29 is 0 Å². The number of nitrogens with zero attached hydrogens (tertiary/aromatic N) is 4. The number of benzene rings is 9. The molecule has 0 saturated heterocycles. The second-order valence-electron chi connectivity index (χ2n) is 14.4. The largest absolute Gasteiger partial charge is 0.309 e. The first-order valence-corrected chi connectivity index (χ1v) is 19.3. The zero-order valence-electron chi connectivity index (χ0n) is 30.9. The summed E-state index contributed by atoms with van der Waals surface area (Å²) in [6.07, 6.45) is 0. The highest BCUT2D eigenvalue weighted by atomic mass is 15.0. The van der Waals surface area contributed by atoms with Crippen LogP contribution in [0.5, 0.6) is 0 Å². The highest BCUT2D eigenvalue weighted by molar-refractivity contribution is 6.20. The Balaban J connectivity index is 1.24. The lowest BCUT2D eigenvalue weighted by molar-refractivity contribution is 1.07. The average molecular weight is 727 g/mol. The molecule has 57 heavy (non-hydrogen) atoms. The lowest BCUT2D eigenvalue weighted by Crippen LogP contribution is -2.02. The van der Waals surface area contributed by atoms with E-state index in [1.165, 1.54) is 37.8 Å². The number of hydrogen-bond acceptors (Lipinski definition) is 3. The molecular formula is C53H34N4. The Morgan fingerprint density at radius 3 is 1.53 bits per heavy atom. The topological polar surface area (TPSA) is 43.6 Å². The molecule has 2 aromatic heterocycles. The summed E-state index contributed by atoms with van der Waals surface area (Å²) in [7, 11) is 0. The maximum Gasteiger partial charge on any atom is 0.164 e. The van der Waals surface area contributed by atoms with Crippen LogP contribution in [0.1, 0.15) is 0 Å². The smallest absolute Gasteiger partial charge is 0.164 e. The van der Waals surface area contributed by atoms with Gasteiger partial charge in [0, 0.05) is 38.5 Å². The number of aromatic nitrogens is 4. The third kappa shape index (κ3) is 5.66. The third-order valence-corrected chi connectivity index (χ3v) is 11.0. The van der Waals surface area contributed by atoms with Crippen LogP contribution in [-0.4, -0.2) is 19.5 Å². The normalized spacial score (nSPS) is 11.5. The fourth-order valence-corrected chi connectivity index (χ4v) is 8.34. The van der Waals surface area contributed by atoms with Crippen molar-refractivity contribution in [3.05, 3.63) is 206 Å². The maximum absolute atomic E-state index is 5.23. The minimum Gasteiger partial charge on any atom is -0.309 e. The quantitative estimate of drug-likeness (QED) is 0.171. The molecule has 9 aromatic carbocycles. The second kappa shape index (κ2) is 13.6. The molecule has 0 amide bonds. The molecule has 0 N–H and O–H groups in total. The molecule has 0 unspecified atom stereocenters. The number of fused-ring (bicyclic) bond motifs is 6. The summed E-state index contributed by atoms with van der Waals surface area (Å²) in [6, 6.07) is 73.0. The highest BCUT2D eigenvalue weighted by Gasteiger charge is 2.21. The van der Waals surface area contributed by atoms with E-state index in [1.54, 1.807) is 0 Å². The summed E-state index contributed by atoms with van der Waals surface area (Å²) < 4.78 is 2.45. The van der Waals surface area contributed by atoms with E-state index in [1.807, 2.05) is 36.4 Å². The van der Waals surface area contributed by atoms with E-state index in [0.29, 0.717) is 17.5 Å². The standard InChI is InChI=1S/C53H34N4/c1-4-16-35(17-5-1)42-25-14-15-27-44(42)47-34-41(29-31-46(47)53-55-51(37-19-6-2-7-20-37)54-52(56-53)38-21-8-3-9-22-38)57-49-33-40-24-11-10-23-39(40)32-48(49)45-30-28-36-18-12-13-26-43(36)50(45)57/h1-34H. The van der Waals surface area contributed by atoms with Crippen molar-refractivity contribution in [2.75, 3.05) is 0 Å². The van der Waals surface area contributed by atoms with Crippen molar-refractivity contribution in [2.45, 2.75) is 0 Å². The van der Waals surface area contributed by atoms with Gasteiger partial charge in [0.05, 0.1) is 11.0 Å². The summed E-state index contributed by atoms with van der Waals surface area (Å²) >= 11 is 0. The van der Waals surface area contributed by atoms with Gasteiger partial charge in [0.1, 0.15) is 0 Å². The SMILES string of the molecule is c1ccc(-c2nc(-c3ccccc3)nc(-c3ccc(-n4c5cc6ccccc6cc5c5ccc6ccccc6c54)cc3-c3ccccc3-c3ccccc3)n2)cc1. The average Bonchev–Trinajstić information content (AvgIpc) is 3.62. The van der Waals surface area contributed by atoms with Gasteiger partial charge in [-0.3, -0.25) is 0 Å². The zero-order valence-corrected chi connectivity index (χ0v) is 30.9. The number of hydrogen-bond donors (Lipinski definition) is 0. The van der Waals surface area contributed by atoms with E-state index in [0.717, 1.165) is 50.1 Å². The van der Waals surface area contributed by atoms with E-state index in [4.69, 9.17) is 15.0 Å². The summed E-state index contributed by atoms with van der Waals surface area (Å²) in [5.74, 6) is 1.88. The Labute approximate surface area is 330 Å². The Bertz CT molecular complexity index is 3220. The minimum absolute atomic E-state index is 0.616. The third-order valence-electron chi connectivity index (χ3n) is 11.0. The molecule has 11 rings (SSSR count). The highest BCUT2D eigenvalue weighted by Crippen LogP contribution is 2.43. The Kier molecular flexibility index (Phi) is 7.78. The fourth-order valence-electron chi connectivity index (χ4n) is 8.34. The van der Waals surface area contributed by atoms with E-state index in [9.17, 15) is 0 Å². The van der Waals surface area contributed by atoms with Crippen LogP contribution in [0.15, 0.2) is 206 Å². The van der Waals surface area contributed by atoms with E-state index in [2.05, 4.69) is 174 Å². The molecule has 0 aliphatic heterocycles. The molecule has 0 aliphatic carbocycles. The van der Waals surface area contributed by atoms with Crippen molar-refractivity contribution in [1.82, 2.24) is 19.5 Å².